The Balaban J connectivity index is 2.98. The van der Waals surface area contributed by atoms with E-state index < -0.39 is 0 Å². The molecule has 1 unspecified atom stereocenters. The number of aliphatic hydroxyl groups excluding tert-OH is 1. The van der Waals surface area contributed by atoms with E-state index in [0.29, 0.717) is 39.1 Å². The molecule has 0 aliphatic carbocycles. The van der Waals surface area contributed by atoms with Crippen molar-refractivity contribution in [3.63, 3.8) is 0 Å². The highest BCUT2D eigenvalue weighted by atomic mass is 16.5. The van der Waals surface area contributed by atoms with Gasteiger partial charge in [-0.3, -0.25) is 0 Å². The Bertz CT molecular complexity index is 135. The van der Waals surface area contributed by atoms with Gasteiger partial charge >= 0.3 is 0 Å². The number of methoxy groups -OCH3 is 1. The summed E-state index contributed by atoms with van der Waals surface area (Å²) >= 11 is 0. The van der Waals surface area contributed by atoms with E-state index >= 15 is 0 Å². The zero-order valence-corrected chi connectivity index (χ0v) is 10.4. The molecule has 0 amide bonds. The molecule has 0 aromatic rings. The van der Waals surface area contributed by atoms with Crippen LogP contribution in [-0.4, -0.2) is 64.4 Å². The van der Waals surface area contributed by atoms with Crippen LogP contribution in [0.15, 0.2) is 0 Å². The van der Waals surface area contributed by atoms with Crippen molar-refractivity contribution in [1.29, 1.82) is 0 Å². The van der Waals surface area contributed by atoms with E-state index in [2.05, 4.69) is 5.32 Å². The minimum Gasteiger partial charge on any atom is -0.396 e. The van der Waals surface area contributed by atoms with Crippen LogP contribution < -0.4 is 5.32 Å². The van der Waals surface area contributed by atoms with Gasteiger partial charge in [0.2, 0.25) is 0 Å². The molecule has 0 saturated heterocycles. The van der Waals surface area contributed by atoms with Gasteiger partial charge in [-0.1, -0.05) is 0 Å². The highest BCUT2D eigenvalue weighted by Gasteiger charge is 1.98. The van der Waals surface area contributed by atoms with E-state index in [1.165, 1.54) is 0 Å². The molecule has 0 aliphatic rings. The predicted molar refractivity (Wildman–Crippen MR) is 62.7 cm³/mol. The summed E-state index contributed by atoms with van der Waals surface area (Å²) in [6, 6.07) is 0.339. The van der Waals surface area contributed by atoms with E-state index in [-0.39, 0.29) is 6.61 Å². The summed E-state index contributed by atoms with van der Waals surface area (Å²) in [5, 5.41) is 11.9. The first-order valence-electron chi connectivity index (χ1n) is 5.80. The van der Waals surface area contributed by atoms with Crippen LogP contribution in [0.2, 0.25) is 0 Å². The monoisotopic (exact) mass is 235 g/mol. The molecule has 5 nitrogen and oxygen atoms in total. The van der Waals surface area contributed by atoms with E-state index in [4.69, 9.17) is 19.3 Å². The summed E-state index contributed by atoms with van der Waals surface area (Å²) in [6.07, 6.45) is 0.778. The van der Waals surface area contributed by atoms with Crippen molar-refractivity contribution < 1.29 is 19.3 Å². The number of hydrogen-bond acceptors (Lipinski definition) is 5. The van der Waals surface area contributed by atoms with Crippen LogP contribution in [0.5, 0.6) is 0 Å². The molecule has 0 saturated carbocycles. The predicted octanol–water partition coefficient (Wildman–Crippen LogP) is 0.0265. The summed E-state index contributed by atoms with van der Waals surface area (Å²) in [7, 11) is 1.65. The second kappa shape index (κ2) is 12.9. The Morgan fingerprint density at radius 2 is 1.69 bits per heavy atom. The third kappa shape index (κ3) is 11.9. The molecule has 5 heteroatoms. The maximum atomic E-state index is 8.68. The highest BCUT2D eigenvalue weighted by molar-refractivity contribution is 4.58. The topological polar surface area (TPSA) is 60.0 Å². The molecule has 0 fully saturated rings. The zero-order valence-electron chi connectivity index (χ0n) is 10.4. The smallest absolute Gasteiger partial charge is 0.0701 e. The summed E-state index contributed by atoms with van der Waals surface area (Å²) < 4.78 is 15.4. The van der Waals surface area contributed by atoms with Gasteiger partial charge in [0.1, 0.15) is 0 Å². The Labute approximate surface area is 98.1 Å². The van der Waals surface area contributed by atoms with Gasteiger partial charge in [0, 0.05) is 26.3 Å². The van der Waals surface area contributed by atoms with Crippen LogP contribution in [0.4, 0.5) is 0 Å². The lowest BCUT2D eigenvalue weighted by Crippen LogP contribution is -2.30. The number of ether oxygens (including phenoxy) is 3. The molecule has 0 radical (unpaired) electrons. The molecule has 0 aromatic heterocycles. The summed E-state index contributed by atoms with van der Waals surface area (Å²) in [5.41, 5.74) is 0. The molecular formula is C11H25NO4. The summed E-state index contributed by atoms with van der Waals surface area (Å²) in [6.45, 7) is 6.20. The van der Waals surface area contributed by atoms with Crippen molar-refractivity contribution in [2.24, 2.45) is 0 Å². The van der Waals surface area contributed by atoms with Gasteiger partial charge < -0.3 is 24.6 Å². The van der Waals surface area contributed by atoms with Crippen molar-refractivity contribution in [1.82, 2.24) is 5.32 Å². The van der Waals surface area contributed by atoms with Gasteiger partial charge in [-0.25, -0.2) is 0 Å². The van der Waals surface area contributed by atoms with E-state index in [9.17, 15) is 0 Å². The number of nitrogens with one attached hydrogen (secondary N) is 1. The van der Waals surface area contributed by atoms with Gasteiger partial charge in [0.25, 0.3) is 0 Å². The Morgan fingerprint density at radius 1 is 1.06 bits per heavy atom. The molecule has 0 aromatic carbocycles. The molecule has 0 spiro atoms. The summed E-state index contributed by atoms with van der Waals surface area (Å²) in [4.78, 5) is 0. The average Bonchev–Trinajstić information content (AvgIpc) is 2.27. The lowest BCUT2D eigenvalue weighted by molar-refractivity contribution is 0.0252. The SMILES string of the molecule is COCCOCCOCCNC(C)CCO. The van der Waals surface area contributed by atoms with Crippen molar-refractivity contribution in [2.45, 2.75) is 19.4 Å². The van der Waals surface area contributed by atoms with Crippen LogP contribution in [-0.2, 0) is 14.2 Å². The van der Waals surface area contributed by atoms with Crippen LogP contribution in [0.3, 0.4) is 0 Å². The second-order valence-corrected chi connectivity index (χ2v) is 3.58. The van der Waals surface area contributed by atoms with Crippen LogP contribution in [0.25, 0.3) is 0 Å². The maximum Gasteiger partial charge on any atom is 0.0701 e. The zero-order chi connectivity index (χ0) is 12.1. The fraction of sp³-hybridized carbons (Fsp3) is 1.00. The van der Waals surface area contributed by atoms with Crippen molar-refractivity contribution in [2.75, 3.05) is 53.3 Å². The Morgan fingerprint density at radius 3 is 2.31 bits per heavy atom. The largest absolute Gasteiger partial charge is 0.396 e. The Hall–Kier alpha value is -0.200. The molecule has 0 bridgehead atoms. The maximum absolute atomic E-state index is 8.68. The first-order valence-corrected chi connectivity index (χ1v) is 5.80. The molecule has 0 aliphatic heterocycles. The number of aliphatic hydroxyl groups is 1. The molecule has 98 valence electrons. The second-order valence-electron chi connectivity index (χ2n) is 3.58. The van der Waals surface area contributed by atoms with Crippen molar-refractivity contribution in [3.8, 4) is 0 Å². The highest BCUT2D eigenvalue weighted by Crippen LogP contribution is 1.87. The molecular weight excluding hydrogens is 210 g/mol. The fourth-order valence-corrected chi connectivity index (χ4v) is 1.14. The van der Waals surface area contributed by atoms with E-state index in [1.54, 1.807) is 7.11 Å². The molecule has 16 heavy (non-hydrogen) atoms. The standard InChI is InChI=1S/C11H25NO4/c1-11(3-5-13)12-4-6-15-9-10-16-8-7-14-2/h11-13H,3-10H2,1-2H3. The van der Waals surface area contributed by atoms with Crippen LogP contribution in [0, 0.1) is 0 Å². The Kier molecular flexibility index (Phi) is 12.7. The summed E-state index contributed by atoms with van der Waals surface area (Å²) in [5.74, 6) is 0. The van der Waals surface area contributed by atoms with Crippen LogP contribution >= 0.6 is 0 Å². The van der Waals surface area contributed by atoms with E-state index in [0.717, 1.165) is 13.0 Å². The van der Waals surface area contributed by atoms with E-state index in [1.807, 2.05) is 6.92 Å². The van der Waals surface area contributed by atoms with Crippen molar-refractivity contribution in [3.05, 3.63) is 0 Å². The van der Waals surface area contributed by atoms with Gasteiger partial charge in [-0.05, 0) is 13.3 Å². The molecule has 0 heterocycles. The first kappa shape index (κ1) is 15.8. The normalized spacial score (nSPS) is 12.9. The first-order chi connectivity index (χ1) is 7.81. The molecule has 0 rings (SSSR count). The quantitative estimate of drug-likeness (QED) is 0.467. The molecule has 2 N–H and O–H groups in total. The molecule has 1 atom stereocenters. The third-order valence-corrected chi connectivity index (χ3v) is 2.11. The third-order valence-electron chi connectivity index (χ3n) is 2.11. The number of hydrogen-bond donors (Lipinski definition) is 2. The lowest BCUT2D eigenvalue weighted by Gasteiger charge is -2.12. The number of rotatable bonds is 12. The lowest BCUT2D eigenvalue weighted by atomic mass is 10.2. The van der Waals surface area contributed by atoms with Crippen molar-refractivity contribution >= 4 is 0 Å². The van der Waals surface area contributed by atoms with Gasteiger partial charge in [-0.2, -0.15) is 0 Å². The van der Waals surface area contributed by atoms with Gasteiger partial charge in [0.15, 0.2) is 0 Å². The van der Waals surface area contributed by atoms with Gasteiger partial charge in [0.05, 0.1) is 33.0 Å². The van der Waals surface area contributed by atoms with Crippen LogP contribution in [0.1, 0.15) is 13.3 Å². The minimum absolute atomic E-state index is 0.225. The fourth-order valence-electron chi connectivity index (χ4n) is 1.14. The van der Waals surface area contributed by atoms with Gasteiger partial charge in [-0.15, -0.1) is 0 Å². The minimum atomic E-state index is 0.225. The average molecular weight is 235 g/mol.